The van der Waals surface area contributed by atoms with Gasteiger partial charge < -0.3 is 9.64 Å². The Labute approximate surface area is 196 Å². The SMILES string of the molecule is COc1ccc(S(=O)(=O)Nc2ccc(S(=O)(=O)Nc3ncccn3)cc2)cc1N1CCCC1=O. The third kappa shape index (κ3) is 4.94. The summed E-state index contributed by atoms with van der Waals surface area (Å²) in [5.74, 6) is 0.199. The largest absolute Gasteiger partial charge is 0.495 e. The lowest BCUT2D eigenvalue weighted by molar-refractivity contribution is -0.117. The number of nitrogens with zero attached hydrogens (tertiary/aromatic N) is 3. The second-order valence-electron chi connectivity index (χ2n) is 7.29. The molecule has 1 saturated heterocycles. The maximum absolute atomic E-state index is 13.0. The topological polar surface area (TPSA) is 148 Å². The van der Waals surface area contributed by atoms with Crippen LogP contribution in [0.5, 0.6) is 5.75 Å². The van der Waals surface area contributed by atoms with Crippen LogP contribution in [0, 0.1) is 0 Å². The second-order valence-corrected chi connectivity index (χ2v) is 10.7. The zero-order chi connectivity index (χ0) is 24.3. The van der Waals surface area contributed by atoms with Crippen LogP contribution in [0.15, 0.2) is 70.7 Å². The van der Waals surface area contributed by atoms with E-state index in [1.165, 1.54) is 66.9 Å². The van der Waals surface area contributed by atoms with Crippen LogP contribution in [-0.2, 0) is 24.8 Å². The highest BCUT2D eigenvalue weighted by Gasteiger charge is 2.27. The van der Waals surface area contributed by atoms with Gasteiger partial charge in [-0.25, -0.2) is 31.5 Å². The molecule has 0 atom stereocenters. The van der Waals surface area contributed by atoms with Gasteiger partial charge in [0.1, 0.15) is 5.75 Å². The number of methoxy groups -OCH3 is 1. The molecule has 0 bridgehead atoms. The first kappa shape index (κ1) is 23.4. The fourth-order valence-electron chi connectivity index (χ4n) is 3.40. The van der Waals surface area contributed by atoms with E-state index < -0.39 is 20.0 Å². The number of hydrogen-bond donors (Lipinski definition) is 2. The van der Waals surface area contributed by atoms with E-state index in [4.69, 9.17) is 4.74 Å². The fourth-order valence-corrected chi connectivity index (χ4v) is 5.43. The molecular formula is C21H21N5O6S2. The molecule has 178 valence electrons. The first-order valence-corrected chi connectivity index (χ1v) is 13.1. The lowest BCUT2D eigenvalue weighted by Gasteiger charge is -2.20. The predicted octanol–water partition coefficient (Wildman–Crippen LogP) is 2.21. The Morgan fingerprint density at radius 3 is 2.18 bits per heavy atom. The minimum Gasteiger partial charge on any atom is -0.495 e. The average molecular weight is 504 g/mol. The van der Waals surface area contributed by atoms with E-state index in [9.17, 15) is 21.6 Å². The lowest BCUT2D eigenvalue weighted by atomic mass is 10.2. The molecule has 1 aliphatic rings. The molecule has 11 nitrogen and oxygen atoms in total. The third-order valence-electron chi connectivity index (χ3n) is 5.03. The Hall–Kier alpha value is -3.71. The van der Waals surface area contributed by atoms with Crippen LogP contribution in [0.4, 0.5) is 17.3 Å². The van der Waals surface area contributed by atoms with E-state index in [1.807, 2.05) is 0 Å². The molecule has 0 unspecified atom stereocenters. The maximum atomic E-state index is 13.0. The number of ether oxygens (including phenoxy) is 1. The summed E-state index contributed by atoms with van der Waals surface area (Å²) in [5, 5.41) is 0. The molecule has 1 amide bonds. The Kier molecular flexibility index (Phi) is 6.39. The number of rotatable bonds is 8. The van der Waals surface area contributed by atoms with Gasteiger partial charge in [-0.05, 0) is 55.0 Å². The van der Waals surface area contributed by atoms with Crippen LogP contribution in [0.1, 0.15) is 12.8 Å². The summed E-state index contributed by atoms with van der Waals surface area (Å²) in [6.07, 6.45) is 3.86. The Bertz CT molecular complexity index is 1410. The van der Waals surface area contributed by atoms with E-state index >= 15 is 0 Å². The van der Waals surface area contributed by atoms with E-state index in [-0.39, 0.29) is 27.3 Å². The summed E-state index contributed by atoms with van der Waals surface area (Å²) in [5.41, 5.74) is 0.535. The van der Waals surface area contributed by atoms with Crippen molar-refractivity contribution in [3.05, 3.63) is 60.9 Å². The fraction of sp³-hybridized carbons (Fsp3) is 0.190. The molecular weight excluding hydrogens is 482 g/mol. The van der Waals surface area contributed by atoms with Gasteiger partial charge in [0.05, 0.1) is 22.6 Å². The number of aromatic nitrogens is 2. The van der Waals surface area contributed by atoms with Crippen LogP contribution in [0.3, 0.4) is 0 Å². The molecule has 2 N–H and O–H groups in total. The molecule has 2 aromatic carbocycles. The van der Waals surface area contributed by atoms with Crippen LogP contribution >= 0.6 is 0 Å². The summed E-state index contributed by atoms with van der Waals surface area (Å²) < 4.78 is 60.9. The summed E-state index contributed by atoms with van der Waals surface area (Å²) in [4.78, 5) is 21.1. The summed E-state index contributed by atoms with van der Waals surface area (Å²) in [6, 6.07) is 11.0. The van der Waals surface area contributed by atoms with Crippen LogP contribution in [0.25, 0.3) is 0 Å². The van der Waals surface area contributed by atoms with Crippen molar-refractivity contribution in [1.82, 2.24) is 9.97 Å². The van der Waals surface area contributed by atoms with Gasteiger partial charge in [-0.1, -0.05) is 0 Å². The van der Waals surface area contributed by atoms with Crippen molar-refractivity contribution in [3.63, 3.8) is 0 Å². The van der Waals surface area contributed by atoms with Crippen molar-refractivity contribution >= 4 is 43.3 Å². The first-order chi connectivity index (χ1) is 16.2. The quantitative estimate of drug-likeness (QED) is 0.475. The van der Waals surface area contributed by atoms with Gasteiger partial charge in [0, 0.05) is 31.0 Å². The number of benzene rings is 2. The third-order valence-corrected chi connectivity index (χ3v) is 7.76. The number of sulfonamides is 2. The average Bonchev–Trinajstić information content (AvgIpc) is 3.24. The number of carbonyl (C=O) groups is 1. The Morgan fingerprint density at radius 1 is 0.912 bits per heavy atom. The molecule has 0 spiro atoms. The van der Waals surface area contributed by atoms with Gasteiger partial charge in [0.25, 0.3) is 20.0 Å². The summed E-state index contributed by atoms with van der Waals surface area (Å²) in [7, 11) is -6.55. The van der Waals surface area contributed by atoms with E-state index in [0.29, 0.717) is 30.8 Å². The van der Waals surface area contributed by atoms with Crippen LogP contribution in [0.2, 0.25) is 0 Å². The maximum Gasteiger partial charge on any atom is 0.264 e. The van der Waals surface area contributed by atoms with Gasteiger partial charge in [-0.2, -0.15) is 0 Å². The van der Waals surface area contributed by atoms with E-state index in [1.54, 1.807) is 6.07 Å². The van der Waals surface area contributed by atoms with Crippen molar-refractivity contribution in [2.45, 2.75) is 22.6 Å². The molecule has 13 heteroatoms. The van der Waals surface area contributed by atoms with Crippen molar-refractivity contribution in [1.29, 1.82) is 0 Å². The van der Waals surface area contributed by atoms with Crippen LogP contribution in [-0.4, -0.2) is 46.4 Å². The monoisotopic (exact) mass is 503 g/mol. The highest BCUT2D eigenvalue weighted by molar-refractivity contribution is 7.93. The molecule has 34 heavy (non-hydrogen) atoms. The summed E-state index contributed by atoms with van der Waals surface area (Å²) in [6.45, 7) is 0.476. The van der Waals surface area contributed by atoms with E-state index in [0.717, 1.165) is 0 Å². The zero-order valence-electron chi connectivity index (χ0n) is 18.0. The molecule has 0 aliphatic carbocycles. The Morgan fingerprint density at radius 2 is 1.56 bits per heavy atom. The molecule has 1 fully saturated rings. The number of hydrogen-bond acceptors (Lipinski definition) is 8. The number of nitrogens with one attached hydrogen (secondary N) is 2. The van der Waals surface area contributed by atoms with Crippen molar-refractivity contribution < 1.29 is 26.4 Å². The smallest absolute Gasteiger partial charge is 0.264 e. The molecule has 2 heterocycles. The minimum atomic E-state index is -4.03. The first-order valence-electron chi connectivity index (χ1n) is 10.1. The van der Waals surface area contributed by atoms with Gasteiger partial charge in [0.15, 0.2) is 0 Å². The number of amides is 1. The molecule has 0 radical (unpaired) electrons. The predicted molar refractivity (Wildman–Crippen MR) is 125 cm³/mol. The highest BCUT2D eigenvalue weighted by Crippen LogP contribution is 2.34. The van der Waals surface area contributed by atoms with E-state index in [2.05, 4.69) is 19.4 Å². The van der Waals surface area contributed by atoms with Crippen molar-refractivity contribution in [2.24, 2.45) is 0 Å². The second kappa shape index (κ2) is 9.27. The molecule has 1 aromatic heterocycles. The normalized spacial score (nSPS) is 14.1. The van der Waals surface area contributed by atoms with Crippen molar-refractivity contribution in [2.75, 3.05) is 28.0 Å². The van der Waals surface area contributed by atoms with Gasteiger partial charge in [0.2, 0.25) is 11.9 Å². The van der Waals surface area contributed by atoms with Gasteiger partial charge in [-0.3, -0.25) is 9.52 Å². The molecule has 1 aliphatic heterocycles. The molecule has 0 saturated carbocycles. The Balaban J connectivity index is 1.55. The van der Waals surface area contributed by atoms with Crippen LogP contribution < -0.4 is 19.1 Å². The van der Waals surface area contributed by atoms with Gasteiger partial charge >= 0.3 is 0 Å². The standard InChI is InChI=1S/C21H21N5O6S2/c1-32-19-10-9-17(14-18(19)26-13-2-4-20(26)27)34(30,31)24-15-5-7-16(8-6-15)33(28,29)25-21-22-11-3-12-23-21/h3,5-12,14,24H,2,4,13H2,1H3,(H,22,23,25). The molecule has 4 rings (SSSR count). The van der Waals surface area contributed by atoms with Gasteiger partial charge in [-0.15, -0.1) is 0 Å². The number of carbonyl (C=O) groups excluding carboxylic acids is 1. The highest BCUT2D eigenvalue weighted by atomic mass is 32.2. The number of anilines is 3. The summed E-state index contributed by atoms with van der Waals surface area (Å²) >= 11 is 0. The van der Waals surface area contributed by atoms with Crippen molar-refractivity contribution in [3.8, 4) is 5.75 Å². The molecule has 3 aromatic rings. The lowest BCUT2D eigenvalue weighted by Crippen LogP contribution is -2.25. The minimum absolute atomic E-state index is 0.0670. The zero-order valence-corrected chi connectivity index (χ0v) is 19.6.